The van der Waals surface area contributed by atoms with Crippen LogP contribution in [-0.2, 0) is 0 Å². The molecule has 1 aliphatic rings. The molecule has 0 saturated heterocycles. The summed E-state index contributed by atoms with van der Waals surface area (Å²) in [6.45, 7) is 1.04. The highest BCUT2D eigenvalue weighted by atomic mass is 32.1. The lowest BCUT2D eigenvalue weighted by Gasteiger charge is -2.24. The molecule has 0 bridgehead atoms. The predicted octanol–water partition coefficient (Wildman–Crippen LogP) is 3.93. The molecular formula is C14H21NS. The molecule has 1 aromatic rings. The molecule has 1 aliphatic carbocycles. The molecule has 0 amide bonds. The van der Waals surface area contributed by atoms with E-state index in [9.17, 15) is 0 Å². The van der Waals surface area contributed by atoms with Gasteiger partial charge in [-0.15, -0.1) is 11.3 Å². The summed E-state index contributed by atoms with van der Waals surface area (Å²) in [4.78, 5) is 1.40. The quantitative estimate of drug-likeness (QED) is 0.833. The first kappa shape index (κ1) is 11.9. The Morgan fingerprint density at radius 2 is 2.25 bits per heavy atom. The highest BCUT2D eigenvalue weighted by Gasteiger charge is 2.17. The van der Waals surface area contributed by atoms with Gasteiger partial charge in [0.1, 0.15) is 0 Å². The van der Waals surface area contributed by atoms with E-state index < -0.39 is 0 Å². The Labute approximate surface area is 103 Å². The Morgan fingerprint density at radius 3 is 2.88 bits per heavy atom. The Morgan fingerprint density at radius 1 is 1.44 bits per heavy atom. The van der Waals surface area contributed by atoms with Gasteiger partial charge in [-0.1, -0.05) is 30.9 Å². The van der Waals surface area contributed by atoms with Gasteiger partial charge in [0, 0.05) is 11.4 Å². The third-order valence-electron chi connectivity index (χ3n) is 3.38. The van der Waals surface area contributed by atoms with Crippen LogP contribution in [0.3, 0.4) is 0 Å². The van der Waals surface area contributed by atoms with Crippen molar-refractivity contribution in [1.29, 1.82) is 0 Å². The maximum Gasteiger partial charge on any atom is 0.0270 e. The number of thiophene rings is 1. The van der Waals surface area contributed by atoms with Crippen molar-refractivity contribution in [2.45, 2.75) is 32.1 Å². The number of hydrogen-bond donors (Lipinski definition) is 1. The van der Waals surface area contributed by atoms with Crippen LogP contribution in [0.5, 0.6) is 0 Å². The first-order valence-electron chi connectivity index (χ1n) is 6.28. The maximum atomic E-state index is 3.31. The number of hydrogen-bond acceptors (Lipinski definition) is 2. The topological polar surface area (TPSA) is 12.0 Å². The SMILES string of the molecule is CNCC(=Cc1cccs1)C1CCCCC1. The Bertz CT molecular complexity index is 321. The van der Waals surface area contributed by atoms with Crippen LogP contribution in [0.15, 0.2) is 23.1 Å². The van der Waals surface area contributed by atoms with Gasteiger partial charge in [-0.3, -0.25) is 0 Å². The first-order chi connectivity index (χ1) is 7.90. The van der Waals surface area contributed by atoms with E-state index in [2.05, 4.69) is 28.9 Å². The normalized spacial score (nSPS) is 18.9. The summed E-state index contributed by atoms with van der Waals surface area (Å²) in [7, 11) is 2.05. The molecule has 2 heteroatoms. The van der Waals surface area contributed by atoms with E-state index in [1.807, 2.05) is 18.4 Å². The van der Waals surface area contributed by atoms with Crippen molar-refractivity contribution in [3.63, 3.8) is 0 Å². The van der Waals surface area contributed by atoms with Gasteiger partial charge in [0.25, 0.3) is 0 Å². The Balaban J connectivity index is 2.09. The van der Waals surface area contributed by atoms with E-state index in [0.717, 1.165) is 12.5 Å². The highest BCUT2D eigenvalue weighted by molar-refractivity contribution is 7.10. The van der Waals surface area contributed by atoms with Crippen molar-refractivity contribution in [2.24, 2.45) is 5.92 Å². The van der Waals surface area contributed by atoms with Gasteiger partial charge in [0.05, 0.1) is 0 Å². The van der Waals surface area contributed by atoms with E-state index in [1.54, 1.807) is 5.57 Å². The van der Waals surface area contributed by atoms with Crippen LogP contribution in [-0.4, -0.2) is 13.6 Å². The van der Waals surface area contributed by atoms with Crippen molar-refractivity contribution in [2.75, 3.05) is 13.6 Å². The lowest BCUT2D eigenvalue weighted by Crippen LogP contribution is -2.18. The molecule has 0 unspecified atom stereocenters. The van der Waals surface area contributed by atoms with Gasteiger partial charge in [0.15, 0.2) is 0 Å². The summed E-state index contributed by atoms with van der Waals surface area (Å²) in [5, 5.41) is 5.47. The van der Waals surface area contributed by atoms with Crippen LogP contribution in [0.2, 0.25) is 0 Å². The van der Waals surface area contributed by atoms with Crippen LogP contribution >= 0.6 is 11.3 Å². The van der Waals surface area contributed by atoms with E-state index in [-0.39, 0.29) is 0 Å². The number of likely N-dealkylation sites (N-methyl/N-ethyl adjacent to an activating group) is 1. The van der Waals surface area contributed by atoms with E-state index >= 15 is 0 Å². The van der Waals surface area contributed by atoms with Gasteiger partial charge in [-0.05, 0) is 43.3 Å². The second-order valence-electron chi connectivity index (χ2n) is 4.60. The molecule has 1 aromatic heterocycles. The number of nitrogens with one attached hydrogen (secondary N) is 1. The van der Waals surface area contributed by atoms with Crippen LogP contribution < -0.4 is 5.32 Å². The van der Waals surface area contributed by atoms with Crippen molar-refractivity contribution < 1.29 is 0 Å². The summed E-state index contributed by atoms with van der Waals surface area (Å²) in [6, 6.07) is 4.34. The van der Waals surface area contributed by atoms with E-state index in [1.165, 1.54) is 37.0 Å². The fourth-order valence-electron chi connectivity index (χ4n) is 2.55. The van der Waals surface area contributed by atoms with Crippen LogP contribution in [0.4, 0.5) is 0 Å². The Kier molecular flexibility index (Phi) is 4.61. The highest BCUT2D eigenvalue weighted by Crippen LogP contribution is 2.31. The first-order valence-corrected chi connectivity index (χ1v) is 7.16. The standard InChI is InChI=1S/C14H21NS/c1-15-11-13(10-14-8-5-9-16-14)12-6-3-2-4-7-12/h5,8-10,12,15H,2-4,6-7,11H2,1H3. The fraction of sp³-hybridized carbons (Fsp3) is 0.571. The van der Waals surface area contributed by atoms with Crippen molar-refractivity contribution in [3.8, 4) is 0 Å². The van der Waals surface area contributed by atoms with Crippen LogP contribution in [0.25, 0.3) is 6.08 Å². The van der Waals surface area contributed by atoms with Crippen molar-refractivity contribution in [1.82, 2.24) is 5.32 Å². The molecule has 1 saturated carbocycles. The molecule has 1 N–H and O–H groups in total. The average molecular weight is 235 g/mol. The Hall–Kier alpha value is -0.600. The monoisotopic (exact) mass is 235 g/mol. The van der Waals surface area contributed by atoms with Gasteiger partial charge >= 0.3 is 0 Å². The molecule has 1 fully saturated rings. The third-order valence-corrected chi connectivity index (χ3v) is 4.20. The molecule has 0 spiro atoms. The van der Waals surface area contributed by atoms with E-state index in [0.29, 0.717) is 0 Å². The van der Waals surface area contributed by atoms with Gasteiger partial charge in [0.2, 0.25) is 0 Å². The summed E-state index contributed by atoms with van der Waals surface area (Å²) in [5.41, 5.74) is 1.60. The zero-order chi connectivity index (χ0) is 11.2. The van der Waals surface area contributed by atoms with Gasteiger partial charge in [-0.2, -0.15) is 0 Å². The molecule has 0 radical (unpaired) electrons. The van der Waals surface area contributed by atoms with Crippen molar-refractivity contribution in [3.05, 3.63) is 28.0 Å². The molecule has 1 nitrogen and oxygen atoms in total. The second-order valence-corrected chi connectivity index (χ2v) is 5.58. The molecule has 2 rings (SSSR count). The summed E-state index contributed by atoms with van der Waals surface area (Å²) < 4.78 is 0. The molecular weight excluding hydrogens is 214 g/mol. The number of rotatable bonds is 4. The second kappa shape index (κ2) is 6.21. The zero-order valence-electron chi connectivity index (χ0n) is 10.0. The van der Waals surface area contributed by atoms with Crippen LogP contribution in [0.1, 0.15) is 37.0 Å². The molecule has 0 aromatic carbocycles. The molecule has 0 aliphatic heterocycles. The predicted molar refractivity (Wildman–Crippen MR) is 72.8 cm³/mol. The average Bonchev–Trinajstić information content (AvgIpc) is 2.83. The van der Waals surface area contributed by atoms with Gasteiger partial charge < -0.3 is 5.32 Å². The van der Waals surface area contributed by atoms with Crippen molar-refractivity contribution >= 4 is 17.4 Å². The lowest BCUT2D eigenvalue weighted by atomic mass is 9.83. The molecule has 1 heterocycles. The fourth-order valence-corrected chi connectivity index (χ4v) is 3.24. The molecule has 0 atom stereocenters. The molecule has 88 valence electrons. The van der Waals surface area contributed by atoms with E-state index in [4.69, 9.17) is 0 Å². The molecule has 16 heavy (non-hydrogen) atoms. The largest absolute Gasteiger partial charge is 0.316 e. The zero-order valence-corrected chi connectivity index (χ0v) is 10.9. The third kappa shape index (κ3) is 3.19. The minimum atomic E-state index is 0.822. The van der Waals surface area contributed by atoms with Gasteiger partial charge in [-0.25, -0.2) is 0 Å². The summed E-state index contributed by atoms with van der Waals surface area (Å²) in [5.74, 6) is 0.822. The minimum Gasteiger partial charge on any atom is -0.316 e. The summed E-state index contributed by atoms with van der Waals surface area (Å²) >= 11 is 1.84. The minimum absolute atomic E-state index is 0.822. The summed E-state index contributed by atoms with van der Waals surface area (Å²) in [6.07, 6.45) is 9.43. The smallest absolute Gasteiger partial charge is 0.0270 e. The maximum absolute atomic E-state index is 3.31. The van der Waals surface area contributed by atoms with Crippen LogP contribution in [0, 0.1) is 5.92 Å². The lowest BCUT2D eigenvalue weighted by molar-refractivity contribution is 0.398.